The molecule has 0 unspecified atom stereocenters. The number of anilines is 2. The lowest BCUT2D eigenvalue weighted by Gasteiger charge is -2.06. The molecule has 2 aromatic rings. The number of rotatable bonds is 3. The van der Waals surface area contributed by atoms with Gasteiger partial charge in [0.05, 0.1) is 18.3 Å². The van der Waals surface area contributed by atoms with Gasteiger partial charge in [0.25, 0.3) is 0 Å². The Labute approximate surface area is 99.2 Å². The normalized spacial score (nSPS) is 10.2. The molecule has 0 saturated heterocycles. The van der Waals surface area contributed by atoms with E-state index >= 15 is 0 Å². The second-order valence-electron chi connectivity index (χ2n) is 3.78. The summed E-state index contributed by atoms with van der Waals surface area (Å²) in [6.45, 7) is 0. The third-order valence-electron chi connectivity index (χ3n) is 2.43. The van der Waals surface area contributed by atoms with Gasteiger partial charge in [0, 0.05) is 7.05 Å². The van der Waals surface area contributed by atoms with Crippen LogP contribution < -0.4 is 11.1 Å². The van der Waals surface area contributed by atoms with Crippen LogP contribution in [0, 0.1) is 0 Å². The lowest BCUT2D eigenvalue weighted by atomic mass is 10.1. The number of carbonyl (C=O) groups excluding carboxylic acids is 1. The van der Waals surface area contributed by atoms with Gasteiger partial charge < -0.3 is 11.1 Å². The molecule has 3 N–H and O–H groups in total. The molecule has 0 aliphatic heterocycles. The quantitative estimate of drug-likeness (QED) is 0.831. The van der Waals surface area contributed by atoms with Crippen LogP contribution in [0.25, 0.3) is 0 Å². The number of amides is 1. The summed E-state index contributed by atoms with van der Waals surface area (Å²) >= 11 is 0. The van der Waals surface area contributed by atoms with E-state index in [1.807, 2.05) is 30.3 Å². The third kappa shape index (κ3) is 2.63. The van der Waals surface area contributed by atoms with Crippen LogP contribution in [0.15, 0.2) is 36.5 Å². The van der Waals surface area contributed by atoms with Crippen LogP contribution in [-0.4, -0.2) is 15.7 Å². The van der Waals surface area contributed by atoms with E-state index in [-0.39, 0.29) is 5.91 Å². The van der Waals surface area contributed by atoms with Gasteiger partial charge in [0.2, 0.25) is 5.91 Å². The Morgan fingerprint density at radius 1 is 1.41 bits per heavy atom. The number of nitrogen functional groups attached to an aromatic ring is 1. The number of hydrogen-bond donors (Lipinski definition) is 2. The van der Waals surface area contributed by atoms with Crippen molar-refractivity contribution in [2.24, 2.45) is 7.05 Å². The monoisotopic (exact) mass is 230 g/mol. The summed E-state index contributed by atoms with van der Waals surface area (Å²) in [5.41, 5.74) is 7.12. The van der Waals surface area contributed by atoms with Crippen molar-refractivity contribution in [1.82, 2.24) is 9.78 Å². The molecular formula is C12H14N4O. The van der Waals surface area contributed by atoms with Crippen molar-refractivity contribution in [1.29, 1.82) is 0 Å². The van der Waals surface area contributed by atoms with Crippen LogP contribution in [0.3, 0.4) is 0 Å². The Kier molecular flexibility index (Phi) is 3.09. The van der Waals surface area contributed by atoms with Crippen molar-refractivity contribution >= 4 is 17.4 Å². The summed E-state index contributed by atoms with van der Waals surface area (Å²) in [7, 11) is 1.73. The zero-order chi connectivity index (χ0) is 12.3. The van der Waals surface area contributed by atoms with Crippen molar-refractivity contribution in [3.8, 4) is 0 Å². The van der Waals surface area contributed by atoms with Gasteiger partial charge >= 0.3 is 0 Å². The molecule has 0 bridgehead atoms. The van der Waals surface area contributed by atoms with E-state index in [0.717, 1.165) is 5.56 Å². The number of carbonyl (C=O) groups is 1. The minimum absolute atomic E-state index is 0.105. The molecule has 88 valence electrons. The molecule has 0 spiro atoms. The van der Waals surface area contributed by atoms with Gasteiger partial charge in [0.15, 0.2) is 5.82 Å². The zero-order valence-electron chi connectivity index (χ0n) is 9.55. The third-order valence-corrected chi connectivity index (χ3v) is 2.43. The Bertz CT molecular complexity index is 499. The van der Waals surface area contributed by atoms with E-state index in [9.17, 15) is 4.79 Å². The summed E-state index contributed by atoms with van der Waals surface area (Å²) in [5, 5.41) is 6.70. The first kappa shape index (κ1) is 11.2. The van der Waals surface area contributed by atoms with E-state index < -0.39 is 0 Å². The van der Waals surface area contributed by atoms with Crippen LogP contribution in [-0.2, 0) is 18.3 Å². The van der Waals surface area contributed by atoms with Crippen molar-refractivity contribution in [3.05, 3.63) is 42.1 Å². The Morgan fingerprint density at radius 3 is 2.71 bits per heavy atom. The largest absolute Gasteiger partial charge is 0.394 e. The molecule has 5 heteroatoms. The first-order valence-electron chi connectivity index (χ1n) is 5.28. The lowest BCUT2D eigenvalue weighted by molar-refractivity contribution is -0.115. The van der Waals surface area contributed by atoms with Crippen molar-refractivity contribution in [2.45, 2.75) is 6.42 Å². The van der Waals surface area contributed by atoms with Gasteiger partial charge in [0.1, 0.15) is 0 Å². The first-order chi connectivity index (χ1) is 8.16. The number of aryl methyl sites for hydroxylation is 1. The highest BCUT2D eigenvalue weighted by molar-refractivity contribution is 5.93. The first-order valence-corrected chi connectivity index (χ1v) is 5.28. The number of nitrogens with one attached hydrogen (secondary N) is 1. The van der Waals surface area contributed by atoms with Gasteiger partial charge in [-0.15, -0.1) is 0 Å². The van der Waals surface area contributed by atoms with E-state index in [4.69, 9.17) is 5.73 Å². The molecule has 0 radical (unpaired) electrons. The van der Waals surface area contributed by atoms with Crippen molar-refractivity contribution in [2.75, 3.05) is 11.1 Å². The van der Waals surface area contributed by atoms with E-state index in [1.54, 1.807) is 7.05 Å². The predicted octanol–water partition coefficient (Wildman–Crippen LogP) is 1.18. The highest BCUT2D eigenvalue weighted by Gasteiger charge is 2.09. The molecule has 2 rings (SSSR count). The fourth-order valence-corrected chi connectivity index (χ4v) is 1.57. The van der Waals surface area contributed by atoms with E-state index in [1.165, 1.54) is 10.9 Å². The standard InChI is InChI=1S/C12H14N4O/c1-16-12(10(13)8-14-16)15-11(17)7-9-5-3-2-4-6-9/h2-6,8H,7,13H2,1H3,(H,15,17). The van der Waals surface area contributed by atoms with Gasteiger partial charge in [-0.1, -0.05) is 30.3 Å². The molecular weight excluding hydrogens is 216 g/mol. The number of nitrogens with two attached hydrogens (primary N) is 1. The van der Waals surface area contributed by atoms with Crippen LogP contribution in [0.5, 0.6) is 0 Å². The van der Waals surface area contributed by atoms with Gasteiger partial charge in [-0.2, -0.15) is 5.10 Å². The minimum Gasteiger partial charge on any atom is -0.394 e. The Balaban J connectivity index is 2.03. The van der Waals surface area contributed by atoms with Crippen molar-refractivity contribution in [3.63, 3.8) is 0 Å². The second-order valence-corrected chi connectivity index (χ2v) is 3.78. The van der Waals surface area contributed by atoms with Gasteiger partial charge in [-0.25, -0.2) is 0 Å². The van der Waals surface area contributed by atoms with Crippen LogP contribution in [0.4, 0.5) is 11.5 Å². The summed E-state index contributed by atoms with van der Waals surface area (Å²) in [6.07, 6.45) is 1.84. The molecule has 0 aliphatic rings. The van der Waals surface area contributed by atoms with Crippen LogP contribution >= 0.6 is 0 Å². The maximum Gasteiger partial charge on any atom is 0.229 e. The van der Waals surface area contributed by atoms with Crippen LogP contribution in [0.2, 0.25) is 0 Å². The summed E-state index contributed by atoms with van der Waals surface area (Å²) in [5.74, 6) is 0.428. The lowest BCUT2D eigenvalue weighted by Crippen LogP contribution is -2.17. The fourth-order valence-electron chi connectivity index (χ4n) is 1.57. The maximum atomic E-state index is 11.8. The average molecular weight is 230 g/mol. The van der Waals surface area contributed by atoms with E-state index in [2.05, 4.69) is 10.4 Å². The molecule has 1 heterocycles. The number of nitrogens with zero attached hydrogens (tertiary/aromatic N) is 2. The zero-order valence-corrected chi connectivity index (χ0v) is 9.55. The topological polar surface area (TPSA) is 72.9 Å². The highest BCUT2D eigenvalue weighted by Crippen LogP contribution is 2.15. The highest BCUT2D eigenvalue weighted by atomic mass is 16.1. The van der Waals surface area contributed by atoms with Gasteiger partial charge in [-0.3, -0.25) is 9.48 Å². The second kappa shape index (κ2) is 4.69. The molecule has 1 aromatic carbocycles. The van der Waals surface area contributed by atoms with E-state index in [0.29, 0.717) is 17.9 Å². The predicted molar refractivity (Wildman–Crippen MR) is 66.4 cm³/mol. The average Bonchev–Trinajstić information content (AvgIpc) is 2.62. The summed E-state index contributed by atoms with van der Waals surface area (Å²) < 4.78 is 1.54. The molecule has 0 fully saturated rings. The SMILES string of the molecule is Cn1ncc(N)c1NC(=O)Cc1ccccc1. The maximum absolute atomic E-state index is 11.8. The molecule has 0 atom stereocenters. The molecule has 1 amide bonds. The molecule has 1 aromatic heterocycles. The molecule has 0 aliphatic carbocycles. The minimum atomic E-state index is -0.105. The summed E-state index contributed by atoms with van der Waals surface area (Å²) in [4.78, 5) is 11.8. The Morgan fingerprint density at radius 2 is 2.12 bits per heavy atom. The Hall–Kier alpha value is -2.30. The number of benzene rings is 1. The fraction of sp³-hybridized carbons (Fsp3) is 0.167. The molecule has 5 nitrogen and oxygen atoms in total. The number of hydrogen-bond acceptors (Lipinski definition) is 3. The van der Waals surface area contributed by atoms with Crippen molar-refractivity contribution < 1.29 is 4.79 Å². The van der Waals surface area contributed by atoms with Gasteiger partial charge in [-0.05, 0) is 5.56 Å². The molecule has 0 saturated carbocycles. The molecule has 17 heavy (non-hydrogen) atoms. The smallest absolute Gasteiger partial charge is 0.229 e. The summed E-state index contributed by atoms with van der Waals surface area (Å²) in [6, 6.07) is 9.54. The number of aromatic nitrogens is 2. The van der Waals surface area contributed by atoms with Crippen LogP contribution in [0.1, 0.15) is 5.56 Å².